The third-order valence-electron chi connectivity index (χ3n) is 2.11. The van der Waals surface area contributed by atoms with E-state index in [-0.39, 0.29) is 5.43 Å². The average Bonchev–Trinajstić information content (AvgIpc) is 2.17. The molecular formula is C10H11N3O. The van der Waals surface area contributed by atoms with Gasteiger partial charge >= 0.3 is 0 Å². The van der Waals surface area contributed by atoms with Crippen molar-refractivity contribution in [3.05, 3.63) is 34.2 Å². The van der Waals surface area contributed by atoms with Crippen LogP contribution in [0, 0.1) is 0 Å². The van der Waals surface area contributed by atoms with Crippen molar-refractivity contribution >= 4 is 11.0 Å². The topological polar surface area (TPSA) is 58.6 Å². The van der Waals surface area contributed by atoms with Gasteiger partial charge in [0.05, 0.1) is 11.2 Å². The smallest absolute Gasteiger partial charge is 0.209 e. The van der Waals surface area contributed by atoms with Gasteiger partial charge in [-0.3, -0.25) is 4.79 Å². The van der Waals surface area contributed by atoms with Crippen LogP contribution in [0.5, 0.6) is 0 Å². The molecule has 2 rings (SSSR count). The van der Waals surface area contributed by atoms with Crippen LogP contribution in [0.25, 0.3) is 11.0 Å². The summed E-state index contributed by atoms with van der Waals surface area (Å²) in [6.07, 6.45) is 1.62. The first-order chi connectivity index (χ1) is 6.68. The number of aromatic nitrogens is 3. The molecule has 2 heterocycles. The van der Waals surface area contributed by atoms with Crippen molar-refractivity contribution in [1.29, 1.82) is 0 Å². The average molecular weight is 189 g/mol. The lowest BCUT2D eigenvalue weighted by Gasteiger charge is -2.03. The van der Waals surface area contributed by atoms with Crippen molar-refractivity contribution in [3.63, 3.8) is 0 Å². The summed E-state index contributed by atoms with van der Waals surface area (Å²) in [7, 11) is 0. The van der Waals surface area contributed by atoms with Gasteiger partial charge in [-0.25, -0.2) is 0 Å². The van der Waals surface area contributed by atoms with Crippen LogP contribution in [0.1, 0.15) is 25.5 Å². The number of nitrogens with zero attached hydrogens (tertiary/aromatic N) is 2. The zero-order chi connectivity index (χ0) is 10.1. The molecule has 72 valence electrons. The fourth-order valence-corrected chi connectivity index (χ4v) is 1.27. The lowest BCUT2D eigenvalue weighted by atomic mass is 10.1. The summed E-state index contributed by atoms with van der Waals surface area (Å²) in [5, 5.41) is 7.91. The standard InChI is InChI=1S/C10H11N3O/c1-6(2)7-5-8-10(13-12-7)9(14)3-4-11-8/h3-6H,1-2H3,(H,11,14). The van der Waals surface area contributed by atoms with Crippen molar-refractivity contribution in [2.45, 2.75) is 19.8 Å². The molecule has 1 N–H and O–H groups in total. The van der Waals surface area contributed by atoms with Gasteiger partial charge in [0, 0.05) is 12.3 Å². The van der Waals surface area contributed by atoms with Gasteiger partial charge in [-0.1, -0.05) is 13.8 Å². The molecule has 0 radical (unpaired) electrons. The van der Waals surface area contributed by atoms with Crippen LogP contribution < -0.4 is 5.43 Å². The van der Waals surface area contributed by atoms with Crippen molar-refractivity contribution in [2.75, 3.05) is 0 Å². The van der Waals surface area contributed by atoms with Gasteiger partial charge in [0.15, 0.2) is 5.52 Å². The Kier molecular flexibility index (Phi) is 2.04. The van der Waals surface area contributed by atoms with Crippen LogP contribution in [0.15, 0.2) is 23.1 Å². The Bertz CT molecular complexity index is 516. The van der Waals surface area contributed by atoms with Crippen molar-refractivity contribution < 1.29 is 0 Å². The normalized spacial score (nSPS) is 11.1. The van der Waals surface area contributed by atoms with Crippen LogP contribution in [0.4, 0.5) is 0 Å². The summed E-state index contributed by atoms with van der Waals surface area (Å²) >= 11 is 0. The number of H-pyrrole nitrogens is 1. The van der Waals surface area contributed by atoms with Crippen LogP contribution in [0.2, 0.25) is 0 Å². The third-order valence-corrected chi connectivity index (χ3v) is 2.11. The lowest BCUT2D eigenvalue weighted by Crippen LogP contribution is -2.05. The second-order valence-electron chi connectivity index (χ2n) is 3.53. The van der Waals surface area contributed by atoms with E-state index in [4.69, 9.17) is 0 Å². The summed E-state index contributed by atoms with van der Waals surface area (Å²) in [6, 6.07) is 3.32. The van der Waals surface area contributed by atoms with E-state index in [9.17, 15) is 4.79 Å². The molecule has 0 spiro atoms. The Morgan fingerprint density at radius 2 is 2.14 bits per heavy atom. The number of pyridine rings is 1. The van der Waals surface area contributed by atoms with Crippen molar-refractivity contribution in [3.8, 4) is 0 Å². The minimum absolute atomic E-state index is 0.0958. The molecule has 0 aliphatic carbocycles. The van der Waals surface area contributed by atoms with Crippen molar-refractivity contribution in [2.24, 2.45) is 0 Å². The molecule has 0 amide bonds. The number of hydrogen-bond donors (Lipinski definition) is 1. The SMILES string of the molecule is CC(C)c1cc2[nH]ccc(=O)c2nn1. The first kappa shape index (κ1) is 8.87. The minimum atomic E-state index is -0.0958. The van der Waals surface area contributed by atoms with Gasteiger partial charge in [0.1, 0.15) is 0 Å². The molecule has 0 aromatic carbocycles. The summed E-state index contributed by atoms with van der Waals surface area (Å²) in [5.41, 5.74) is 1.94. The fourth-order valence-electron chi connectivity index (χ4n) is 1.27. The number of hydrogen-bond acceptors (Lipinski definition) is 3. The first-order valence-corrected chi connectivity index (χ1v) is 4.53. The molecule has 0 bridgehead atoms. The third kappa shape index (κ3) is 1.39. The first-order valence-electron chi connectivity index (χ1n) is 4.53. The molecule has 0 fully saturated rings. The van der Waals surface area contributed by atoms with Gasteiger partial charge in [0.2, 0.25) is 5.43 Å². The number of aromatic amines is 1. The van der Waals surface area contributed by atoms with Gasteiger partial charge in [-0.2, -0.15) is 5.10 Å². The molecular weight excluding hydrogens is 178 g/mol. The van der Waals surface area contributed by atoms with E-state index in [0.29, 0.717) is 11.4 Å². The van der Waals surface area contributed by atoms with E-state index in [0.717, 1.165) is 11.2 Å². The number of nitrogens with one attached hydrogen (secondary N) is 1. The highest BCUT2D eigenvalue weighted by atomic mass is 16.1. The van der Waals surface area contributed by atoms with Crippen LogP contribution in [-0.2, 0) is 0 Å². The molecule has 2 aromatic rings. The second kappa shape index (κ2) is 3.21. The molecule has 14 heavy (non-hydrogen) atoms. The van der Waals surface area contributed by atoms with E-state index in [2.05, 4.69) is 15.2 Å². The predicted molar refractivity (Wildman–Crippen MR) is 54.2 cm³/mol. The Hall–Kier alpha value is -1.71. The van der Waals surface area contributed by atoms with Crippen molar-refractivity contribution in [1.82, 2.24) is 15.2 Å². The van der Waals surface area contributed by atoms with E-state index in [1.807, 2.05) is 19.9 Å². The fraction of sp³-hybridized carbons (Fsp3) is 0.300. The van der Waals surface area contributed by atoms with E-state index >= 15 is 0 Å². The van der Waals surface area contributed by atoms with Gasteiger partial charge < -0.3 is 4.98 Å². The Morgan fingerprint density at radius 1 is 1.36 bits per heavy atom. The second-order valence-corrected chi connectivity index (χ2v) is 3.53. The highest BCUT2D eigenvalue weighted by molar-refractivity contribution is 5.72. The zero-order valence-corrected chi connectivity index (χ0v) is 8.11. The van der Waals surface area contributed by atoms with Gasteiger partial charge in [-0.05, 0) is 12.0 Å². The summed E-state index contributed by atoms with van der Waals surface area (Å²) in [6.45, 7) is 4.08. The predicted octanol–water partition coefficient (Wildman–Crippen LogP) is 1.44. The van der Waals surface area contributed by atoms with Crippen LogP contribution in [0.3, 0.4) is 0 Å². The summed E-state index contributed by atoms with van der Waals surface area (Å²) in [5.74, 6) is 0.315. The largest absolute Gasteiger partial charge is 0.360 e. The summed E-state index contributed by atoms with van der Waals surface area (Å²) < 4.78 is 0. The highest BCUT2D eigenvalue weighted by Gasteiger charge is 2.05. The van der Waals surface area contributed by atoms with Gasteiger partial charge in [-0.15, -0.1) is 5.10 Å². The summed E-state index contributed by atoms with van der Waals surface area (Å²) in [4.78, 5) is 14.3. The zero-order valence-electron chi connectivity index (χ0n) is 8.11. The molecule has 0 aliphatic heterocycles. The molecule has 0 unspecified atom stereocenters. The monoisotopic (exact) mass is 189 g/mol. The lowest BCUT2D eigenvalue weighted by molar-refractivity contribution is 0.793. The molecule has 4 nitrogen and oxygen atoms in total. The molecule has 0 atom stereocenters. The highest BCUT2D eigenvalue weighted by Crippen LogP contribution is 2.12. The van der Waals surface area contributed by atoms with Gasteiger partial charge in [0.25, 0.3) is 0 Å². The molecule has 0 saturated carbocycles. The molecule has 0 saturated heterocycles. The number of rotatable bonds is 1. The van der Waals surface area contributed by atoms with Crippen LogP contribution in [-0.4, -0.2) is 15.2 Å². The Balaban J connectivity index is 2.74. The Labute approximate surface area is 81.0 Å². The van der Waals surface area contributed by atoms with E-state index < -0.39 is 0 Å². The van der Waals surface area contributed by atoms with E-state index in [1.165, 1.54) is 6.07 Å². The molecule has 2 aromatic heterocycles. The maximum absolute atomic E-state index is 11.3. The maximum atomic E-state index is 11.3. The number of fused-ring (bicyclic) bond motifs is 1. The molecule has 4 heteroatoms. The minimum Gasteiger partial charge on any atom is -0.360 e. The quantitative estimate of drug-likeness (QED) is 0.738. The van der Waals surface area contributed by atoms with E-state index in [1.54, 1.807) is 6.20 Å². The van der Waals surface area contributed by atoms with Crippen LogP contribution >= 0.6 is 0 Å². The molecule has 0 aliphatic rings. The maximum Gasteiger partial charge on any atom is 0.209 e. The Morgan fingerprint density at radius 3 is 2.86 bits per heavy atom.